The second-order valence-corrected chi connectivity index (χ2v) is 2.82. The van der Waals surface area contributed by atoms with E-state index in [1.54, 1.807) is 7.05 Å². The van der Waals surface area contributed by atoms with E-state index in [9.17, 15) is 9.18 Å². The summed E-state index contributed by atoms with van der Waals surface area (Å²) >= 11 is 0. The molecule has 0 atom stereocenters. The Morgan fingerprint density at radius 1 is 1.69 bits per heavy atom. The Kier molecular flexibility index (Phi) is 1.65. The molecule has 0 amide bonds. The van der Waals surface area contributed by atoms with Gasteiger partial charge in [0.1, 0.15) is 12.3 Å². The second kappa shape index (κ2) is 2.69. The fraction of sp³-hybridized carbons (Fsp3) is 0.250. The number of nitrogens with one attached hydrogen (secondary N) is 1. The first-order valence-corrected chi connectivity index (χ1v) is 3.82. The van der Waals surface area contributed by atoms with Gasteiger partial charge in [-0.3, -0.25) is 9.48 Å². The molecule has 0 spiro atoms. The standard InChI is InChI=1S/C8H8FN3O/c1-12-8-6(4-10-12)7(13)2-5(3-9)11-8/h2,4H,3H2,1H3,(H,11,13). The Hall–Kier alpha value is -1.65. The summed E-state index contributed by atoms with van der Waals surface area (Å²) in [4.78, 5) is 14.1. The van der Waals surface area contributed by atoms with Crippen LogP contribution in [0.15, 0.2) is 17.1 Å². The number of nitrogens with zero attached hydrogens (tertiary/aromatic N) is 2. The molecule has 0 aliphatic carbocycles. The molecule has 0 saturated carbocycles. The molecule has 0 aliphatic rings. The number of aromatic nitrogens is 3. The number of aromatic amines is 1. The summed E-state index contributed by atoms with van der Waals surface area (Å²) < 4.78 is 13.8. The van der Waals surface area contributed by atoms with Crippen LogP contribution in [0.3, 0.4) is 0 Å². The van der Waals surface area contributed by atoms with Gasteiger partial charge in [0.05, 0.1) is 17.3 Å². The van der Waals surface area contributed by atoms with E-state index in [0.717, 1.165) is 0 Å². The maximum atomic E-state index is 12.3. The second-order valence-electron chi connectivity index (χ2n) is 2.82. The Balaban J connectivity index is 2.88. The van der Waals surface area contributed by atoms with Gasteiger partial charge in [-0.15, -0.1) is 0 Å². The SMILES string of the molecule is Cn1ncc2c(=O)cc(CF)[nH]c21. The van der Waals surface area contributed by atoms with Crippen LogP contribution in [-0.4, -0.2) is 14.8 Å². The highest BCUT2D eigenvalue weighted by atomic mass is 19.1. The van der Waals surface area contributed by atoms with E-state index in [1.807, 2.05) is 0 Å². The number of aryl methyl sites for hydroxylation is 1. The summed E-state index contributed by atoms with van der Waals surface area (Å²) in [5, 5.41) is 4.38. The quantitative estimate of drug-likeness (QED) is 0.705. The third-order valence-electron chi connectivity index (χ3n) is 1.93. The molecule has 0 unspecified atom stereocenters. The fourth-order valence-corrected chi connectivity index (χ4v) is 1.26. The van der Waals surface area contributed by atoms with Crippen molar-refractivity contribution in [1.82, 2.24) is 14.8 Å². The molecule has 0 radical (unpaired) electrons. The van der Waals surface area contributed by atoms with Crippen molar-refractivity contribution in [1.29, 1.82) is 0 Å². The van der Waals surface area contributed by atoms with Crippen molar-refractivity contribution in [2.75, 3.05) is 0 Å². The maximum absolute atomic E-state index is 12.3. The first kappa shape index (κ1) is 7.97. The fourth-order valence-electron chi connectivity index (χ4n) is 1.26. The van der Waals surface area contributed by atoms with Crippen molar-refractivity contribution in [3.05, 3.63) is 28.2 Å². The predicted molar refractivity (Wildman–Crippen MR) is 46.1 cm³/mol. The van der Waals surface area contributed by atoms with Crippen molar-refractivity contribution in [2.45, 2.75) is 6.67 Å². The van der Waals surface area contributed by atoms with Gasteiger partial charge >= 0.3 is 0 Å². The maximum Gasteiger partial charge on any atom is 0.193 e. The van der Waals surface area contributed by atoms with Crippen LogP contribution in [0.2, 0.25) is 0 Å². The minimum absolute atomic E-state index is 0.200. The van der Waals surface area contributed by atoms with Gasteiger partial charge < -0.3 is 4.98 Å². The molecule has 5 heteroatoms. The molecular weight excluding hydrogens is 173 g/mol. The summed E-state index contributed by atoms with van der Waals surface area (Å²) in [6.45, 7) is -0.670. The Morgan fingerprint density at radius 2 is 2.46 bits per heavy atom. The normalized spacial score (nSPS) is 10.9. The molecule has 2 rings (SSSR count). The zero-order chi connectivity index (χ0) is 9.42. The van der Waals surface area contributed by atoms with Gasteiger partial charge in [-0.2, -0.15) is 5.10 Å². The van der Waals surface area contributed by atoms with Crippen LogP contribution < -0.4 is 5.43 Å². The van der Waals surface area contributed by atoms with Crippen LogP contribution in [-0.2, 0) is 13.7 Å². The van der Waals surface area contributed by atoms with E-state index in [4.69, 9.17) is 0 Å². The third-order valence-corrected chi connectivity index (χ3v) is 1.93. The number of hydrogen-bond donors (Lipinski definition) is 1. The average molecular weight is 181 g/mol. The molecule has 2 aromatic rings. The zero-order valence-electron chi connectivity index (χ0n) is 7.04. The topological polar surface area (TPSA) is 50.7 Å². The van der Waals surface area contributed by atoms with Gasteiger partial charge in [-0.25, -0.2) is 4.39 Å². The average Bonchev–Trinajstić information content (AvgIpc) is 2.48. The molecule has 0 saturated heterocycles. The van der Waals surface area contributed by atoms with Crippen molar-refractivity contribution >= 4 is 11.0 Å². The molecule has 68 valence electrons. The number of hydrogen-bond acceptors (Lipinski definition) is 2. The molecular formula is C8H8FN3O. The number of rotatable bonds is 1. The van der Waals surface area contributed by atoms with E-state index in [2.05, 4.69) is 10.1 Å². The highest BCUT2D eigenvalue weighted by Gasteiger charge is 2.05. The molecule has 2 aromatic heterocycles. The minimum Gasteiger partial charge on any atom is -0.341 e. The van der Waals surface area contributed by atoms with Gasteiger partial charge in [0.25, 0.3) is 0 Å². The van der Waals surface area contributed by atoms with Crippen molar-refractivity contribution in [3.63, 3.8) is 0 Å². The third kappa shape index (κ3) is 1.12. The van der Waals surface area contributed by atoms with Crippen LogP contribution in [0.5, 0.6) is 0 Å². The van der Waals surface area contributed by atoms with Crippen LogP contribution in [0.4, 0.5) is 4.39 Å². The lowest BCUT2D eigenvalue weighted by Gasteiger charge is -1.97. The first-order valence-electron chi connectivity index (χ1n) is 3.82. The van der Waals surface area contributed by atoms with Gasteiger partial charge in [0.15, 0.2) is 5.43 Å². The molecule has 0 aromatic carbocycles. The summed E-state index contributed by atoms with van der Waals surface area (Å²) in [7, 11) is 1.69. The predicted octanol–water partition coefficient (Wildman–Crippen LogP) is 0.731. The molecule has 0 fully saturated rings. The number of fused-ring (bicyclic) bond motifs is 1. The smallest absolute Gasteiger partial charge is 0.193 e. The minimum atomic E-state index is -0.670. The molecule has 4 nitrogen and oxygen atoms in total. The van der Waals surface area contributed by atoms with E-state index in [-0.39, 0.29) is 11.1 Å². The monoisotopic (exact) mass is 181 g/mol. The van der Waals surface area contributed by atoms with Crippen LogP contribution in [0.25, 0.3) is 11.0 Å². The molecule has 0 aliphatic heterocycles. The van der Waals surface area contributed by atoms with Crippen LogP contribution in [0.1, 0.15) is 5.69 Å². The Bertz CT molecular complexity index is 500. The molecule has 13 heavy (non-hydrogen) atoms. The lowest BCUT2D eigenvalue weighted by atomic mass is 10.3. The lowest BCUT2D eigenvalue weighted by molar-refractivity contribution is 0.476. The van der Waals surface area contributed by atoms with E-state index >= 15 is 0 Å². The number of H-pyrrole nitrogens is 1. The number of alkyl halides is 1. The van der Waals surface area contributed by atoms with Gasteiger partial charge in [-0.05, 0) is 0 Å². The Labute approximate surface area is 73.0 Å². The number of halogens is 1. The van der Waals surface area contributed by atoms with Gasteiger partial charge in [0.2, 0.25) is 0 Å². The zero-order valence-corrected chi connectivity index (χ0v) is 7.04. The summed E-state index contributed by atoms with van der Waals surface area (Å²) in [6, 6.07) is 1.25. The first-order chi connectivity index (χ1) is 6.22. The molecule has 2 heterocycles. The summed E-state index contributed by atoms with van der Waals surface area (Å²) in [5.74, 6) is 0. The van der Waals surface area contributed by atoms with E-state index < -0.39 is 6.67 Å². The molecule has 0 bridgehead atoms. The van der Waals surface area contributed by atoms with E-state index in [1.165, 1.54) is 16.9 Å². The van der Waals surface area contributed by atoms with Crippen molar-refractivity contribution in [2.24, 2.45) is 7.05 Å². The van der Waals surface area contributed by atoms with Gasteiger partial charge in [-0.1, -0.05) is 0 Å². The highest BCUT2D eigenvalue weighted by molar-refractivity contribution is 5.74. The van der Waals surface area contributed by atoms with E-state index in [0.29, 0.717) is 11.0 Å². The summed E-state index contributed by atoms with van der Waals surface area (Å²) in [6.07, 6.45) is 1.47. The van der Waals surface area contributed by atoms with Crippen molar-refractivity contribution < 1.29 is 4.39 Å². The van der Waals surface area contributed by atoms with Crippen molar-refractivity contribution in [3.8, 4) is 0 Å². The van der Waals surface area contributed by atoms with Crippen LogP contribution >= 0.6 is 0 Å². The summed E-state index contributed by atoms with van der Waals surface area (Å²) in [5.41, 5.74) is 0.635. The van der Waals surface area contributed by atoms with Crippen LogP contribution in [0, 0.1) is 0 Å². The van der Waals surface area contributed by atoms with Gasteiger partial charge in [0, 0.05) is 13.1 Å². The molecule has 1 N–H and O–H groups in total. The highest BCUT2D eigenvalue weighted by Crippen LogP contribution is 2.06. The largest absolute Gasteiger partial charge is 0.341 e. The lowest BCUT2D eigenvalue weighted by Crippen LogP contribution is -2.04. The Morgan fingerprint density at radius 3 is 3.15 bits per heavy atom. The number of pyridine rings is 1.